The van der Waals surface area contributed by atoms with Crippen LogP contribution in [0, 0.1) is 11.8 Å². The zero-order valence-electron chi connectivity index (χ0n) is 12.0. The maximum atomic E-state index is 11.6. The normalized spacial score (nSPS) is 12.2. The maximum Gasteiger partial charge on any atom is 0.306 e. The molecule has 0 saturated heterocycles. The van der Waals surface area contributed by atoms with Crippen molar-refractivity contribution in [3.63, 3.8) is 0 Å². The predicted octanol–water partition coefficient (Wildman–Crippen LogP) is 3.26. The highest BCUT2D eigenvalue weighted by Gasteiger charge is 2.21. The van der Waals surface area contributed by atoms with Gasteiger partial charge in [-0.2, -0.15) is 0 Å². The van der Waals surface area contributed by atoms with E-state index in [1.165, 1.54) is 0 Å². The number of benzene rings is 1. The van der Waals surface area contributed by atoms with Crippen LogP contribution in [0.1, 0.15) is 38.7 Å². The summed E-state index contributed by atoms with van der Waals surface area (Å²) in [6.45, 7) is 4.03. The van der Waals surface area contributed by atoms with Gasteiger partial charge in [0.15, 0.2) is 0 Å². The largest absolute Gasteiger partial charge is 0.481 e. The second-order valence-electron chi connectivity index (χ2n) is 5.23. The third-order valence-corrected chi connectivity index (χ3v) is 3.26. The number of carbonyl (C=O) groups is 2. The first-order valence-electron chi connectivity index (χ1n) is 6.93. The molecule has 0 saturated carbocycles. The average molecular weight is 278 g/mol. The van der Waals surface area contributed by atoms with E-state index in [0.717, 1.165) is 5.56 Å². The van der Waals surface area contributed by atoms with E-state index in [1.807, 2.05) is 44.2 Å². The second-order valence-corrected chi connectivity index (χ2v) is 5.23. The van der Waals surface area contributed by atoms with E-state index in [2.05, 4.69) is 0 Å². The Labute approximate surface area is 119 Å². The van der Waals surface area contributed by atoms with Crippen LogP contribution in [0.3, 0.4) is 0 Å². The molecule has 1 atom stereocenters. The van der Waals surface area contributed by atoms with Crippen LogP contribution < -0.4 is 0 Å². The summed E-state index contributed by atoms with van der Waals surface area (Å²) < 4.78 is 5.14. The van der Waals surface area contributed by atoms with Gasteiger partial charge >= 0.3 is 11.9 Å². The van der Waals surface area contributed by atoms with Crippen molar-refractivity contribution < 1.29 is 19.4 Å². The molecule has 4 nitrogen and oxygen atoms in total. The fourth-order valence-corrected chi connectivity index (χ4v) is 2.02. The molecule has 1 aromatic rings. The minimum Gasteiger partial charge on any atom is -0.481 e. The molecule has 0 spiro atoms. The fraction of sp³-hybridized carbons (Fsp3) is 0.500. The standard InChI is InChI=1S/C16H22O4/c1-12(2)14(16(18)19)9-6-10-15(17)20-11-13-7-4-3-5-8-13/h3-5,7-8,12,14H,6,9-11H2,1-2H3,(H,18,19)/t14-/m0/s1. The Kier molecular flexibility index (Phi) is 6.77. The van der Waals surface area contributed by atoms with Gasteiger partial charge in [-0.3, -0.25) is 9.59 Å². The number of esters is 1. The minimum absolute atomic E-state index is 0.0767. The summed E-state index contributed by atoms with van der Waals surface area (Å²) in [5.41, 5.74) is 0.950. The highest BCUT2D eigenvalue weighted by molar-refractivity contribution is 5.71. The first-order chi connectivity index (χ1) is 9.50. The Bertz CT molecular complexity index is 425. The Balaban J connectivity index is 2.25. The van der Waals surface area contributed by atoms with Gasteiger partial charge in [0.25, 0.3) is 0 Å². The van der Waals surface area contributed by atoms with Crippen molar-refractivity contribution in [1.29, 1.82) is 0 Å². The van der Waals surface area contributed by atoms with E-state index in [4.69, 9.17) is 9.84 Å². The number of carboxylic acids is 1. The molecule has 0 fully saturated rings. The van der Waals surface area contributed by atoms with Crippen LogP contribution in [0.4, 0.5) is 0 Å². The van der Waals surface area contributed by atoms with E-state index in [-0.39, 0.29) is 24.9 Å². The van der Waals surface area contributed by atoms with Gasteiger partial charge in [-0.25, -0.2) is 0 Å². The third-order valence-electron chi connectivity index (χ3n) is 3.26. The molecule has 1 rings (SSSR count). The van der Waals surface area contributed by atoms with Crippen molar-refractivity contribution >= 4 is 11.9 Å². The van der Waals surface area contributed by atoms with Crippen molar-refractivity contribution in [2.24, 2.45) is 11.8 Å². The second kappa shape index (κ2) is 8.35. The lowest BCUT2D eigenvalue weighted by Crippen LogP contribution is -2.20. The van der Waals surface area contributed by atoms with Gasteiger partial charge in [0.1, 0.15) is 6.61 Å². The van der Waals surface area contributed by atoms with Crippen molar-refractivity contribution in [2.75, 3.05) is 0 Å². The van der Waals surface area contributed by atoms with Crippen LogP contribution in [-0.2, 0) is 20.9 Å². The zero-order chi connectivity index (χ0) is 15.0. The summed E-state index contributed by atoms with van der Waals surface area (Å²) in [5, 5.41) is 9.04. The molecule has 0 heterocycles. The maximum absolute atomic E-state index is 11.6. The van der Waals surface area contributed by atoms with E-state index < -0.39 is 11.9 Å². The van der Waals surface area contributed by atoms with E-state index in [9.17, 15) is 9.59 Å². The quantitative estimate of drug-likeness (QED) is 0.741. The van der Waals surface area contributed by atoms with Crippen LogP contribution >= 0.6 is 0 Å². The molecule has 0 aliphatic heterocycles. The SMILES string of the molecule is CC(C)[C@H](CCCC(=O)OCc1ccccc1)C(=O)O. The highest BCUT2D eigenvalue weighted by atomic mass is 16.5. The predicted molar refractivity (Wildman–Crippen MR) is 76.1 cm³/mol. The molecule has 1 aromatic carbocycles. The molecule has 0 amide bonds. The van der Waals surface area contributed by atoms with Gasteiger partial charge in [-0.15, -0.1) is 0 Å². The minimum atomic E-state index is -0.794. The average Bonchev–Trinajstić information content (AvgIpc) is 2.41. The van der Waals surface area contributed by atoms with Gasteiger partial charge < -0.3 is 9.84 Å². The van der Waals surface area contributed by atoms with Crippen LogP contribution in [0.25, 0.3) is 0 Å². The topological polar surface area (TPSA) is 63.6 Å². The number of hydrogen-bond donors (Lipinski definition) is 1. The molecular formula is C16H22O4. The van der Waals surface area contributed by atoms with Crippen LogP contribution in [0.5, 0.6) is 0 Å². The molecule has 0 radical (unpaired) electrons. The van der Waals surface area contributed by atoms with Crippen LogP contribution in [0.15, 0.2) is 30.3 Å². The Morgan fingerprint density at radius 3 is 2.40 bits per heavy atom. The molecule has 20 heavy (non-hydrogen) atoms. The molecule has 4 heteroatoms. The Hall–Kier alpha value is -1.84. The van der Waals surface area contributed by atoms with Gasteiger partial charge in [-0.05, 0) is 24.3 Å². The summed E-state index contributed by atoms with van der Waals surface area (Å²) in [4.78, 5) is 22.6. The summed E-state index contributed by atoms with van der Waals surface area (Å²) in [7, 11) is 0. The van der Waals surface area contributed by atoms with Gasteiger partial charge in [0.05, 0.1) is 5.92 Å². The molecule has 110 valence electrons. The molecule has 0 bridgehead atoms. The first kappa shape index (κ1) is 16.2. The molecular weight excluding hydrogens is 256 g/mol. The van der Waals surface area contributed by atoms with Crippen molar-refractivity contribution in [3.8, 4) is 0 Å². The summed E-state index contributed by atoms with van der Waals surface area (Å²) >= 11 is 0. The van der Waals surface area contributed by atoms with E-state index in [0.29, 0.717) is 12.8 Å². The summed E-state index contributed by atoms with van der Waals surface area (Å²) in [6.07, 6.45) is 1.32. The molecule has 1 N–H and O–H groups in total. The molecule has 0 aliphatic rings. The van der Waals surface area contributed by atoms with Gasteiger partial charge in [0.2, 0.25) is 0 Å². The van der Waals surface area contributed by atoms with Gasteiger partial charge in [-0.1, -0.05) is 44.2 Å². The van der Waals surface area contributed by atoms with Crippen molar-refractivity contribution in [1.82, 2.24) is 0 Å². The van der Waals surface area contributed by atoms with Crippen LogP contribution in [0.2, 0.25) is 0 Å². The molecule has 0 unspecified atom stereocenters. The van der Waals surface area contributed by atoms with Gasteiger partial charge in [0, 0.05) is 6.42 Å². The fourth-order valence-electron chi connectivity index (χ4n) is 2.02. The van der Waals surface area contributed by atoms with Crippen molar-refractivity contribution in [3.05, 3.63) is 35.9 Å². The molecule has 0 aromatic heterocycles. The molecule has 0 aliphatic carbocycles. The monoisotopic (exact) mass is 278 g/mol. The Morgan fingerprint density at radius 2 is 1.85 bits per heavy atom. The van der Waals surface area contributed by atoms with E-state index in [1.54, 1.807) is 0 Å². The first-order valence-corrected chi connectivity index (χ1v) is 6.93. The lowest BCUT2D eigenvalue weighted by atomic mass is 9.91. The number of aliphatic carboxylic acids is 1. The number of ether oxygens (including phenoxy) is 1. The summed E-state index contributed by atoms with van der Waals surface area (Å²) in [5.74, 6) is -1.39. The van der Waals surface area contributed by atoms with Crippen LogP contribution in [-0.4, -0.2) is 17.0 Å². The number of carbonyl (C=O) groups excluding carboxylic acids is 1. The smallest absolute Gasteiger partial charge is 0.306 e. The number of carboxylic acid groups (broad SMARTS) is 1. The third kappa shape index (κ3) is 5.87. The zero-order valence-corrected chi connectivity index (χ0v) is 12.0. The number of hydrogen-bond acceptors (Lipinski definition) is 3. The van der Waals surface area contributed by atoms with E-state index >= 15 is 0 Å². The highest BCUT2D eigenvalue weighted by Crippen LogP contribution is 2.18. The lowest BCUT2D eigenvalue weighted by molar-refractivity contribution is -0.147. The number of rotatable bonds is 8. The Morgan fingerprint density at radius 1 is 1.20 bits per heavy atom. The van der Waals surface area contributed by atoms with Crippen molar-refractivity contribution in [2.45, 2.75) is 39.7 Å². The lowest BCUT2D eigenvalue weighted by Gasteiger charge is -2.15. The summed E-state index contributed by atoms with van der Waals surface area (Å²) in [6, 6.07) is 9.48.